The third kappa shape index (κ3) is 7.19. The third-order valence-electron chi connectivity index (χ3n) is 4.20. The lowest BCUT2D eigenvalue weighted by atomic mass is 10.2. The predicted molar refractivity (Wildman–Crippen MR) is 122 cm³/mol. The number of amides is 2. The summed E-state index contributed by atoms with van der Waals surface area (Å²) in [6.45, 7) is -0.514. The molecule has 0 aromatic heterocycles. The van der Waals surface area contributed by atoms with Crippen molar-refractivity contribution in [1.29, 1.82) is 5.26 Å². The number of carbonyl (C=O) groups excluding carboxylic acids is 3. The lowest BCUT2D eigenvalue weighted by Crippen LogP contribution is -2.21. The highest BCUT2D eigenvalue weighted by Crippen LogP contribution is 2.24. The van der Waals surface area contributed by atoms with E-state index < -0.39 is 24.3 Å². The van der Waals surface area contributed by atoms with Crippen molar-refractivity contribution in [3.63, 3.8) is 0 Å². The van der Waals surface area contributed by atoms with Crippen molar-refractivity contribution in [2.45, 2.75) is 4.90 Å². The van der Waals surface area contributed by atoms with Gasteiger partial charge in [-0.1, -0.05) is 18.2 Å². The highest BCUT2D eigenvalue weighted by atomic mass is 32.2. The number of anilines is 2. The second-order valence-electron chi connectivity index (χ2n) is 6.66. The Balaban J connectivity index is 1.53. The molecule has 0 bridgehead atoms. The summed E-state index contributed by atoms with van der Waals surface area (Å²) in [6, 6.07) is 20.3. The molecule has 0 heterocycles. The molecule has 0 aliphatic rings. The van der Waals surface area contributed by atoms with E-state index in [0.717, 1.165) is 11.8 Å². The van der Waals surface area contributed by atoms with Gasteiger partial charge in [0, 0.05) is 16.3 Å². The number of esters is 1. The Morgan fingerprint density at radius 3 is 2.39 bits per heavy atom. The number of nitrogens with zero attached hydrogens (tertiary/aromatic N) is 1. The number of hydrogen-bond acceptors (Lipinski definition) is 6. The molecule has 3 aromatic rings. The van der Waals surface area contributed by atoms with Crippen LogP contribution in [0.5, 0.6) is 0 Å². The summed E-state index contributed by atoms with van der Waals surface area (Å²) in [7, 11) is 0. The summed E-state index contributed by atoms with van der Waals surface area (Å²) in [5.41, 5.74) is 1.48. The molecular weight excluding hydrogens is 445 g/mol. The van der Waals surface area contributed by atoms with Gasteiger partial charge in [0.15, 0.2) is 6.61 Å². The van der Waals surface area contributed by atoms with E-state index in [9.17, 15) is 18.8 Å². The van der Waals surface area contributed by atoms with Crippen LogP contribution in [0.25, 0.3) is 0 Å². The van der Waals surface area contributed by atoms with Gasteiger partial charge in [-0.3, -0.25) is 9.59 Å². The van der Waals surface area contributed by atoms with Crippen molar-refractivity contribution in [3.05, 3.63) is 89.7 Å². The summed E-state index contributed by atoms with van der Waals surface area (Å²) in [4.78, 5) is 37.3. The zero-order valence-electron chi connectivity index (χ0n) is 17.2. The van der Waals surface area contributed by atoms with Crippen LogP contribution in [0.4, 0.5) is 15.8 Å². The van der Waals surface area contributed by atoms with Crippen LogP contribution in [0, 0.1) is 17.1 Å². The van der Waals surface area contributed by atoms with Crippen molar-refractivity contribution < 1.29 is 23.5 Å². The molecule has 7 nitrogen and oxygen atoms in total. The van der Waals surface area contributed by atoms with Crippen LogP contribution in [0.3, 0.4) is 0 Å². The van der Waals surface area contributed by atoms with Gasteiger partial charge >= 0.3 is 5.97 Å². The molecule has 0 spiro atoms. The van der Waals surface area contributed by atoms with Gasteiger partial charge in [-0.2, -0.15) is 5.26 Å². The van der Waals surface area contributed by atoms with E-state index >= 15 is 0 Å². The zero-order chi connectivity index (χ0) is 23.6. The maximum Gasteiger partial charge on any atom is 0.339 e. The maximum absolute atomic E-state index is 13.0. The highest BCUT2D eigenvalue weighted by molar-refractivity contribution is 8.00. The van der Waals surface area contributed by atoms with Gasteiger partial charge in [-0.05, 0) is 54.6 Å². The first-order valence-corrected chi connectivity index (χ1v) is 10.7. The minimum atomic E-state index is -0.710. The molecule has 0 saturated carbocycles. The molecule has 2 amide bonds. The maximum atomic E-state index is 13.0. The average Bonchev–Trinajstić information content (AvgIpc) is 2.83. The molecule has 166 valence electrons. The summed E-state index contributed by atoms with van der Waals surface area (Å²) in [5, 5.41) is 14.1. The molecule has 0 saturated heterocycles. The van der Waals surface area contributed by atoms with E-state index in [0.29, 0.717) is 21.8 Å². The van der Waals surface area contributed by atoms with E-state index in [4.69, 9.17) is 10.00 Å². The number of nitrogens with one attached hydrogen (secondary N) is 2. The number of hydrogen-bond donors (Lipinski definition) is 2. The Labute approximate surface area is 193 Å². The fraction of sp³-hybridized carbons (Fsp3) is 0.0833. The molecule has 0 unspecified atom stereocenters. The Morgan fingerprint density at radius 1 is 0.909 bits per heavy atom. The van der Waals surface area contributed by atoms with E-state index in [2.05, 4.69) is 10.6 Å². The predicted octanol–water partition coefficient (Wildman–Crippen LogP) is 4.22. The van der Waals surface area contributed by atoms with Gasteiger partial charge < -0.3 is 15.4 Å². The SMILES string of the molecule is N#Cc1cccc(NC(=O)COC(=O)c2ccccc2SCC(=O)Nc2ccc(F)cc2)c1. The number of nitriles is 1. The summed E-state index contributed by atoms with van der Waals surface area (Å²) in [6.07, 6.45) is 0. The van der Waals surface area contributed by atoms with Crippen LogP contribution in [0.15, 0.2) is 77.7 Å². The minimum Gasteiger partial charge on any atom is -0.452 e. The van der Waals surface area contributed by atoms with Crippen molar-refractivity contribution >= 4 is 40.9 Å². The Morgan fingerprint density at radius 2 is 1.64 bits per heavy atom. The zero-order valence-corrected chi connectivity index (χ0v) is 18.0. The number of halogens is 1. The molecular formula is C24H18FN3O4S. The van der Waals surface area contributed by atoms with Crippen LogP contribution in [-0.2, 0) is 14.3 Å². The van der Waals surface area contributed by atoms with Crippen LogP contribution in [-0.4, -0.2) is 30.1 Å². The molecule has 9 heteroatoms. The molecule has 0 aliphatic carbocycles. The van der Waals surface area contributed by atoms with Gasteiger partial charge in [-0.25, -0.2) is 9.18 Å². The van der Waals surface area contributed by atoms with Gasteiger partial charge in [0.05, 0.1) is 22.9 Å². The quantitative estimate of drug-likeness (QED) is 0.382. The number of thioether (sulfide) groups is 1. The second-order valence-corrected chi connectivity index (χ2v) is 7.67. The molecule has 0 radical (unpaired) electrons. The van der Waals surface area contributed by atoms with Crippen molar-refractivity contribution in [2.24, 2.45) is 0 Å². The Bertz CT molecular complexity index is 1210. The first-order valence-electron chi connectivity index (χ1n) is 9.69. The molecule has 33 heavy (non-hydrogen) atoms. The fourth-order valence-corrected chi connectivity index (χ4v) is 3.55. The summed E-state index contributed by atoms with van der Waals surface area (Å²) < 4.78 is 18.1. The fourth-order valence-electron chi connectivity index (χ4n) is 2.71. The summed E-state index contributed by atoms with van der Waals surface area (Å²) >= 11 is 1.13. The normalized spacial score (nSPS) is 10.1. The van der Waals surface area contributed by atoms with Gasteiger partial charge in [-0.15, -0.1) is 11.8 Å². The van der Waals surface area contributed by atoms with Crippen molar-refractivity contribution in [3.8, 4) is 6.07 Å². The van der Waals surface area contributed by atoms with Gasteiger partial charge in [0.1, 0.15) is 5.82 Å². The molecule has 0 aliphatic heterocycles. The van der Waals surface area contributed by atoms with E-state index in [1.54, 1.807) is 36.4 Å². The smallest absolute Gasteiger partial charge is 0.339 e. The number of ether oxygens (including phenoxy) is 1. The third-order valence-corrected chi connectivity index (χ3v) is 5.28. The largest absolute Gasteiger partial charge is 0.452 e. The molecule has 0 fully saturated rings. The second kappa shape index (κ2) is 11.5. The Kier molecular flexibility index (Phi) is 8.16. The highest BCUT2D eigenvalue weighted by Gasteiger charge is 2.16. The van der Waals surface area contributed by atoms with Gasteiger partial charge in [0.2, 0.25) is 5.91 Å². The first kappa shape index (κ1) is 23.5. The standard InChI is InChI=1S/C24H18FN3O4S/c25-17-8-10-18(11-9-17)27-23(30)15-33-21-7-2-1-6-20(21)24(31)32-14-22(29)28-19-5-3-4-16(12-19)13-26/h1-12H,14-15H2,(H,27,30)(H,28,29). The van der Waals surface area contributed by atoms with Crippen molar-refractivity contribution in [1.82, 2.24) is 0 Å². The van der Waals surface area contributed by atoms with Crippen LogP contribution in [0.2, 0.25) is 0 Å². The van der Waals surface area contributed by atoms with Crippen LogP contribution < -0.4 is 10.6 Å². The van der Waals surface area contributed by atoms with E-state index in [1.807, 2.05) is 6.07 Å². The summed E-state index contributed by atoms with van der Waals surface area (Å²) in [5.74, 6) is -1.98. The van der Waals surface area contributed by atoms with Crippen LogP contribution >= 0.6 is 11.8 Å². The van der Waals surface area contributed by atoms with Crippen LogP contribution in [0.1, 0.15) is 15.9 Å². The van der Waals surface area contributed by atoms with Gasteiger partial charge in [0.25, 0.3) is 5.91 Å². The first-order chi connectivity index (χ1) is 15.9. The monoisotopic (exact) mass is 463 g/mol. The number of rotatable bonds is 8. The number of carbonyl (C=O) groups is 3. The van der Waals surface area contributed by atoms with E-state index in [-0.39, 0.29) is 17.2 Å². The molecule has 3 aromatic carbocycles. The van der Waals surface area contributed by atoms with E-state index in [1.165, 1.54) is 36.4 Å². The number of benzene rings is 3. The van der Waals surface area contributed by atoms with Crippen molar-refractivity contribution in [2.75, 3.05) is 23.0 Å². The lowest BCUT2D eigenvalue weighted by Gasteiger charge is -2.10. The Hall–Kier alpha value is -4.16. The molecule has 0 atom stereocenters. The average molecular weight is 463 g/mol. The minimum absolute atomic E-state index is 0.0113. The molecule has 2 N–H and O–H groups in total. The topological polar surface area (TPSA) is 108 Å². The lowest BCUT2D eigenvalue weighted by molar-refractivity contribution is -0.119. The molecule has 3 rings (SSSR count).